The zero-order valence-electron chi connectivity index (χ0n) is 7.26. The lowest BCUT2D eigenvalue weighted by Crippen LogP contribution is -2.39. The number of nitrogens with one attached hydrogen (secondary N) is 1. The first-order valence-electron chi connectivity index (χ1n) is 3.57. The van der Waals surface area contributed by atoms with Crippen molar-refractivity contribution in [2.45, 2.75) is 26.3 Å². The lowest BCUT2D eigenvalue weighted by Gasteiger charge is -2.12. The van der Waals surface area contributed by atoms with E-state index in [1.165, 1.54) is 6.92 Å². The van der Waals surface area contributed by atoms with E-state index < -0.39 is 12.0 Å². The molecule has 0 saturated heterocycles. The maximum absolute atomic E-state index is 10.5. The fraction of sp³-hybridized carbons (Fsp3) is 0.500. The maximum atomic E-state index is 10.5. The molecule has 0 aromatic heterocycles. The van der Waals surface area contributed by atoms with Crippen LogP contribution in [0.15, 0.2) is 12.2 Å². The molecule has 0 aromatic carbocycles. The second kappa shape index (κ2) is 4.54. The summed E-state index contributed by atoms with van der Waals surface area (Å²) >= 11 is 0. The van der Waals surface area contributed by atoms with Crippen molar-refractivity contribution in [1.82, 2.24) is 5.32 Å². The Bertz CT molecular complexity index is 194. The molecule has 68 valence electrons. The second-order valence-electron chi connectivity index (χ2n) is 2.75. The molecule has 0 heterocycles. The number of rotatable bonds is 4. The number of carboxylic acids is 1. The molecule has 0 aliphatic rings. The van der Waals surface area contributed by atoms with E-state index in [2.05, 4.69) is 11.9 Å². The monoisotopic (exact) mass is 171 g/mol. The maximum Gasteiger partial charge on any atom is 0.326 e. The SMILES string of the molecule is C=C(C)C[C@@H](NC(C)=O)C(=O)O. The van der Waals surface area contributed by atoms with Crippen LogP contribution >= 0.6 is 0 Å². The first-order valence-corrected chi connectivity index (χ1v) is 3.57. The number of amides is 1. The number of carbonyl (C=O) groups excluding carboxylic acids is 1. The second-order valence-corrected chi connectivity index (χ2v) is 2.75. The van der Waals surface area contributed by atoms with Gasteiger partial charge in [-0.15, -0.1) is 6.58 Å². The summed E-state index contributed by atoms with van der Waals surface area (Å²) in [7, 11) is 0. The summed E-state index contributed by atoms with van der Waals surface area (Å²) in [4.78, 5) is 21.1. The van der Waals surface area contributed by atoms with Crippen LogP contribution in [0.3, 0.4) is 0 Å². The van der Waals surface area contributed by atoms with Crippen molar-refractivity contribution in [1.29, 1.82) is 0 Å². The van der Waals surface area contributed by atoms with Crippen molar-refractivity contribution in [3.63, 3.8) is 0 Å². The largest absolute Gasteiger partial charge is 0.480 e. The Morgan fingerprint density at radius 3 is 2.25 bits per heavy atom. The fourth-order valence-corrected chi connectivity index (χ4v) is 0.794. The molecule has 0 aliphatic carbocycles. The Hall–Kier alpha value is -1.32. The minimum atomic E-state index is -1.03. The predicted molar refractivity (Wildman–Crippen MR) is 44.7 cm³/mol. The number of carbonyl (C=O) groups is 2. The highest BCUT2D eigenvalue weighted by molar-refractivity contribution is 5.82. The highest BCUT2D eigenvalue weighted by atomic mass is 16.4. The van der Waals surface area contributed by atoms with Crippen LogP contribution < -0.4 is 5.32 Å². The minimum absolute atomic E-state index is 0.273. The van der Waals surface area contributed by atoms with Gasteiger partial charge in [-0.25, -0.2) is 4.79 Å². The summed E-state index contributed by atoms with van der Waals surface area (Å²) < 4.78 is 0. The van der Waals surface area contributed by atoms with Crippen molar-refractivity contribution in [2.75, 3.05) is 0 Å². The Labute approximate surface area is 71.3 Å². The summed E-state index contributed by atoms with van der Waals surface area (Å²) in [6.07, 6.45) is 0.273. The Kier molecular flexibility index (Phi) is 4.04. The van der Waals surface area contributed by atoms with Crippen molar-refractivity contribution >= 4 is 11.9 Å². The molecule has 12 heavy (non-hydrogen) atoms. The van der Waals surface area contributed by atoms with Gasteiger partial charge in [0.25, 0.3) is 0 Å². The van der Waals surface area contributed by atoms with Gasteiger partial charge in [0, 0.05) is 6.92 Å². The summed E-state index contributed by atoms with van der Waals surface area (Å²) in [5, 5.41) is 10.9. The molecule has 0 radical (unpaired) electrons. The van der Waals surface area contributed by atoms with Gasteiger partial charge in [0.15, 0.2) is 0 Å². The molecule has 0 fully saturated rings. The molecule has 0 unspecified atom stereocenters. The third-order valence-electron chi connectivity index (χ3n) is 1.23. The van der Waals surface area contributed by atoms with Gasteiger partial charge in [-0.05, 0) is 13.3 Å². The molecule has 0 spiro atoms. The highest BCUT2D eigenvalue weighted by Gasteiger charge is 2.17. The first kappa shape index (κ1) is 10.7. The quantitative estimate of drug-likeness (QED) is 0.607. The van der Waals surface area contributed by atoms with E-state index in [0.717, 1.165) is 5.57 Å². The molecular weight excluding hydrogens is 158 g/mol. The molecule has 0 bridgehead atoms. The van der Waals surface area contributed by atoms with Gasteiger partial charge in [0.1, 0.15) is 6.04 Å². The average Bonchev–Trinajstić information content (AvgIpc) is 1.83. The van der Waals surface area contributed by atoms with Gasteiger partial charge < -0.3 is 10.4 Å². The summed E-state index contributed by atoms with van der Waals surface area (Å²) in [6.45, 7) is 6.58. The normalized spacial score (nSPS) is 11.8. The third kappa shape index (κ3) is 4.49. The molecule has 1 amide bonds. The van der Waals surface area contributed by atoms with Gasteiger partial charge in [0.2, 0.25) is 5.91 Å². The van der Waals surface area contributed by atoms with Gasteiger partial charge in [-0.2, -0.15) is 0 Å². The zero-order valence-corrected chi connectivity index (χ0v) is 7.26. The van der Waals surface area contributed by atoms with Gasteiger partial charge in [0.05, 0.1) is 0 Å². The van der Waals surface area contributed by atoms with Crippen LogP contribution in [-0.2, 0) is 9.59 Å². The third-order valence-corrected chi connectivity index (χ3v) is 1.23. The number of aliphatic carboxylic acids is 1. The lowest BCUT2D eigenvalue weighted by molar-refractivity contribution is -0.141. The lowest BCUT2D eigenvalue weighted by atomic mass is 10.1. The van der Waals surface area contributed by atoms with Crippen molar-refractivity contribution in [3.8, 4) is 0 Å². The van der Waals surface area contributed by atoms with E-state index in [4.69, 9.17) is 5.11 Å². The number of carboxylic acid groups (broad SMARTS) is 1. The van der Waals surface area contributed by atoms with Crippen LogP contribution in [0.5, 0.6) is 0 Å². The van der Waals surface area contributed by atoms with Crippen molar-refractivity contribution < 1.29 is 14.7 Å². The van der Waals surface area contributed by atoms with E-state index in [0.29, 0.717) is 0 Å². The molecule has 0 saturated carbocycles. The molecule has 2 N–H and O–H groups in total. The number of hydrogen-bond donors (Lipinski definition) is 2. The fourth-order valence-electron chi connectivity index (χ4n) is 0.794. The summed E-state index contributed by atoms with van der Waals surface area (Å²) in [6, 6.07) is -0.847. The first-order chi connectivity index (χ1) is 5.43. The molecule has 0 aromatic rings. The van der Waals surface area contributed by atoms with Crippen LogP contribution in [0.1, 0.15) is 20.3 Å². The molecule has 0 rings (SSSR count). The standard InChI is InChI=1S/C8H13NO3/c1-5(2)4-7(8(11)12)9-6(3)10/h7H,1,4H2,2-3H3,(H,9,10)(H,11,12)/t7-/m1/s1. The predicted octanol–water partition coefficient (Wildman–Crippen LogP) is 0.542. The van der Waals surface area contributed by atoms with Crippen molar-refractivity contribution in [3.05, 3.63) is 12.2 Å². The van der Waals surface area contributed by atoms with E-state index in [1.807, 2.05) is 0 Å². The van der Waals surface area contributed by atoms with Gasteiger partial charge in [-0.1, -0.05) is 5.57 Å². The van der Waals surface area contributed by atoms with Crippen LogP contribution in [0.25, 0.3) is 0 Å². The van der Waals surface area contributed by atoms with Gasteiger partial charge >= 0.3 is 5.97 Å². The Morgan fingerprint density at radius 2 is 2.00 bits per heavy atom. The van der Waals surface area contributed by atoms with Gasteiger partial charge in [-0.3, -0.25) is 4.79 Å². The smallest absolute Gasteiger partial charge is 0.326 e. The summed E-state index contributed by atoms with van der Waals surface area (Å²) in [5.41, 5.74) is 0.733. The average molecular weight is 171 g/mol. The van der Waals surface area contributed by atoms with E-state index >= 15 is 0 Å². The zero-order chi connectivity index (χ0) is 9.72. The van der Waals surface area contributed by atoms with Crippen molar-refractivity contribution in [2.24, 2.45) is 0 Å². The molecule has 4 heteroatoms. The molecule has 4 nitrogen and oxygen atoms in total. The molecule has 1 atom stereocenters. The topological polar surface area (TPSA) is 66.4 Å². The Morgan fingerprint density at radius 1 is 1.50 bits per heavy atom. The van der Waals surface area contributed by atoms with Crippen LogP contribution in [0.2, 0.25) is 0 Å². The van der Waals surface area contributed by atoms with E-state index in [-0.39, 0.29) is 12.3 Å². The highest BCUT2D eigenvalue weighted by Crippen LogP contribution is 2.01. The van der Waals surface area contributed by atoms with Crippen LogP contribution in [0, 0.1) is 0 Å². The summed E-state index contributed by atoms with van der Waals surface area (Å²) in [5.74, 6) is -1.38. The minimum Gasteiger partial charge on any atom is -0.480 e. The Balaban J connectivity index is 4.14. The molecule has 0 aliphatic heterocycles. The van der Waals surface area contributed by atoms with Crippen LogP contribution in [0.4, 0.5) is 0 Å². The number of hydrogen-bond acceptors (Lipinski definition) is 2. The van der Waals surface area contributed by atoms with E-state index in [9.17, 15) is 9.59 Å². The van der Waals surface area contributed by atoms with Crippen LogP contribution in [-0.4, -0.2) is 23.0 Å². The molecular formula is C8H13NO3. The van der Waals surface area contributed by atoms with E-state index in [1.54, 1.807) is 6.92 Å².